The molecule has 88 valence electrons. The van der Waals surface area contributed by atoms with Crippen LogP contribution in [0.2, 0.25) is 5.02 Å². The summed E-state index contributed by atoms with van der Waals surface area (Å²) < 4.78 is 13.0. The van der Waals surface area contributed by atoms with Gasteiger partial charge in [-0.3, -0.25) is 0 Å². The third-order valence-corrected chi connectivity index (χ3v) is 3.06. The van der Waals surface area contributed by atoms with Crippen LogP contribution in [0.1, 0.15) is 11.1 Å². The maximum atomic E-state index is 13.0. The number of hydrogen-bond donors (Lipinski definition) is 1. The Labute approximate surface area is 105 Å². The van der Waals surface area contributed by atoms with Gasteiger partial charge in [0.15, 0.2) is 0 Å². The molecule has 0 bridgehead atoms. The molecule has 0 spiro atoms. The summed E-state index contributed by atoms with van der Waals surface area (Å²) in [6.45, 7) is 2.33. The summed E-state index contributed by atoms with van der Waals surface area (Å²) in [4.78, 5) is 0. The van der Waals surface area contributed by atoms with E-state index in [2.05, 4.69) is 0 Å². The molecular formula is C14H13ClFN. The van der Waals surface area contributed by atoms with Crippen molar-refractivity contribution in [1.29, 1.82) is 0 Å². The molecule has 17 heavy (non-hydrogen) atoms. The first-order valence-corrected chi connectivity index (χ1v) is 5.74. The molecule has 0 fully saturated rings. The van der Waals surface area contributed by atoms with Gasteiger partial charge in [-0.15, -0.1) is 0 Å². The van der Waals surface area contributed by atoms with Crippen molar-refractivity contribution in [2.75, 3.05) is 0 Å². The largest absolute Gasteiger partial charge is 0.326 e. The van der Waals surface area contributed by atoms with E-state index in [-0.39, 0.29) is 5.82 Å². The van der Waals surface area contributed by atoms with Crippen molar-refractivity contribution in [2.45, 2.75) is 13.5 Å². The Morgan fingerprint density at radius 3 is 2.41 bits per heavy atom. The fourth-order valence-corrected chi connectivity index (χ4v) is 2.14. The summed E-state index contributed by atoms with van der Waals surface area (Å²) in [5, 5.41) is 0.641. The Morgan fingerprint density at radius 1 is 1.12 bits per heavy atom. The van der Waals surface area contributed by atoms with Gasteiger partial charge in [-0.1, -0.05) is 29.8 Å². The van der Waals surface area contributed by atoms with Crippen LogP contribution >= 0.6 is 11.6 Å². The lowest BCUT2D eigenvalue weighted by Crippen LogP contribution is -1.96. The average molecular weight is 250 g/mol. The molecule has 0 radical (unpaired) electrons. The molecule has 0 unspecified atom stereocenters. The second-order valence-corrected chi connectivity index (χ2v) is 4.38. The van der Waals surface area contributed by atoms with E-state index >= 15 is 0 Å². The van der Waals surface area contributed by atoms with Gasteiger partial charge in [-0.25, -0.2) is 4.39 Å². The molecule has 0 amide bonds. The van der Waals surface area contributed by atoms with Gasteiger partial charge in [-0.05, 0) is 41.8 Å². The third-order valence-electron chi connectivity index (χ3n) is 2.75. The van der Waals surface area contributed by atoms with Crippen LogP contribution in [0.5, 0.6) is 0 Å². The van der Waals surface area contributed by atoms with Crippen LogP contribution in [-0.2, 0) is 6.54 Å². The van der Waals surface area contributed by atoms with E-state index in [1.165, 1.54) is 12.1 Å². The molecule has 3 heteroatoms. The van der Waals surface area contributed by atoms with Crippen LogP contribution in [0.15, 0.2) is 36.4 Å². The highest BCUT2D eigenvalue weighted by Crippen LogP contribution is 2.31. The fourth-order valence-electron chi connectivity index (χ4n) is 1.83. The van der Waals surface area contributed by atoms with Crippen LogP contribution in [0.3, 0.4) is 0 Å². The standard InChI is InChI=1S/C14H13ClFN/c1-9-6-11(16)3-5-12(9)13-4-2-10(8-17)7-14(13)15/h2-7H,8,17H2,1H3. The summed E-state index contributed by atoms with van der Waals surface area (Å²) >= 11 is 6.21. The highest BCUT2D eigenvalue weighted by molar-refractivity contribution is 6.33. The van der Waals surface area contributed by atoms with Crippen LogP contribution in [-0.4, -0.2) is 0 Å². The Morgan fingerprint density at radius 2 is 1.82 bits per heavy atom. The van der Waals surface area contributed by atoms with E-state index in [1.54, 1.807) is 6.07 Å². The molecular weight excluding hydrogens is 237 g/mol. The smallest absolute Gasteiger partial charge is 0.123 e. The lowest BCUT2D eigenvalue weighted by atomic mass is 9.99. The molecule has 2 rings (SSSR count). The monoisotopic (exact) mass is 249 g/mol. The molecule has 0 aliphatic carbocycles. The minimum Gasteiger partial charge on any atom is -0.326 e. The molecule has 2 aromatic rings. The van der Waals surface area contributed by atoms with Gasteiger partial charge in [0, 0.05) is 17.1 Å². The van der Waals surface area contributed by atoms with E-state index < -0.39 is 0 Å². The van der Waals surface area contributed by atoms with Crippen molar-refractivity contribution in [2.24, 2.45) is 5.73 Å². The fraction of sp³-hybridized carbons (Fsp3) is 0.143. The van der Waals surface area contributed by atoms with Crippen molar-refractivity contribution >= 4 is 11.6 Å². The molecule has 0 aliphatic rings. The van der Waals surface area contributed by atoms with Crippen molar-refractivity contribution in [3.05, 3.63) is 58.4 Å². The number of hydrogen-bond acceptors (Lipinski definition) is 1. The van der Waals surface area contributed by atoms with Crippen molar-refractivity contribution in [3.63, 3.8) is 0 Å². The molecule has 0 aromatic heterocycles. The SMILES string of the molecule is Cc1cc(F)ccc1-c1ccc(CN)cc1Cl. The molecule has 2 N–H and O–H groups in total. The average Bonchev–Trinajstić information content (AvgIpc) is 2.30. The van der Waals surface area contributed by atoms with Crippen molar-refractivity contribution in [3.8, 4) is 11.1 Å². The van der Waals surface area contributed by atoms with E-state index in [0.29, 0.717) is 11.6 Å². The molecule has 0 saturated carbocycles. The van der Waals surface area contributed by atoms with Crippen LogP contribution in [0.4, 0.5) is 4.39 Å². The maximum Gasteiger partial charge on any atom is 0.123 e. The van der Waals surface area contributed by atoms with Crippen molar-refractivity contribution < 1.29 is 4.39 Å². The number of benzene rings is 2. The normalized spacial score (nSPS) is 10.6. The molecule has 2 aromatic carbocycles. The minimum absolute atomic E-state index is 0.235. The van der Waals surface area contributed by atoms with Gasteiger partial charge in [0.2, 0.25) is 0 Å². The minimum atomic E-state index is -0.235. The Bertz CT molecular complexity index is 552. The zero-order valence-electron chi connectivity index (χ0n) is 9.50. The van der Waals surface area contributed by atoms with Gasteiger partial charge in [0.1, 0.15) is 5.82 Å². The molecule has 0 atom stereocenters. The third kappa shape index (κ3) is 2.48. The second kappa shape index (κ2) is 4.86. The molecule has 0 heterocycles. The lowest BCUT2D eigenvalue weighted by Gasteiger charge is -2.09. The van der Waals surface area contributed by atoms with Crippen LogP contribution in [0, 0.1) is 12.7 Å². The zero-order valence-corrected chi connectivity index (χ0v) is 10.3. The summed E-state index contributed by atoms with van der Waals surface area (Å²) in [6, 6.07) is 10.4. The number of nitrogens with two attached hydrogens (primary N) is 1. The van der Waals surface area contributed by atoms with Gasteiger partial charge in [0.25, 0.3) is 0 Å². The first-order valence-electron chi connectivity index (χ1n) is 5.37. The molecule has 0 aliphatic heterocycles. The van der Waals surface area contributed by atoms with Crippen LogP contribution < -0.4 is 5.73 Å². The highest BCUT2D eigenvalue weighted by atomic mass is 35.5. The highest BCUT2D eigenvalue weighted by Gasteiger charge is 2.07. The molecule has 0 saturated heterocycles. The van der Waals surface area contributed by atoms with Gasteiger partial charge >= 0.3 is 0 Å². The first kappa shape index (κ1) is 12.1. The number of halogens is 2. The summed E-state index contributed by atoms with van der Waals surface area (Å²) in [5.41, 5.74) is 9.25. The van der Waals surface area contributed by atoms with E-state index in [4.69, 9.17) is 17.3 Å². The van der Waals surface area contributed by atoms with Crippen LogP contribution in [0.25, 0.3) is 11.1 Å². The van der Waals surface area contributed by atoms with Gasteiger partial charge < -0.3 is 5.73 Å². The van der Waals surface area contributed by atoms with E-state index in [1.807, 2.05) is 25.1 Å². The predicted octanol–water partition coefficient (Wildman–Crippen LogP) is 3.91. The zero-order chi connectivity index (χ0) is 12.4. The maximum absolute atomic E-state index is 13.0. The van der Waals surface area contributed by atoms with E-state index in [0.717, 1.165) is 22.3 Å². The molecule has 1 nitrogen and oxygen atoms in total. The van der Waals surface area contributed by atoms with Gasteiger partial charge in [0.05, 0.1) is 0 Å². The topological polar surface area (TPSA) is 26.0 Å². The number of rotatable bonds is 2. The Balaban J connectivity index is 2.53. The van der Waals surface area contributed by atoms with E-state index in [9.17, 15) is 4.39 Å². The summed E-state index contributed by atoms with van der Waals surface area (Å²) in [6.07, 6.45) is 0. The quantitative estimate of drug-likeness (QED) is 0.858. The van der Waals surface area contributed by atoms with Gasteiger partial charge in [-0.2, -0.15) is 0 Å². The first-order chi connectivity index (χ1) is 8.11. The second-order valence-electron chi connectivity index (χ2n) is 3.98. The summed E-state index contributed by atoms with van der Waals surface area (Å²) in [7, 11) is 0. The number of aryl methyl sites for hydroxylation is 1. The van der Waals surface area contributed by atoms with Crippen molar-refractivity contribution in [1.82, 2.24) is 0 Å². The Kier molecular flexibility index (Phi) is 3.46. The summed E-state index contributed by atoms with van der Waals surface area (Å²) in [5.74, 6) is -0.235. The predicted molar refractivity (Wildman–Crippen MR) is 69.5 cm³/mol. The Hall–Kier alpha value is -1.38. The lowest BCUT2D eigenvalue weighted by molar-refractivity contribution is 0.627.